The van der Waals surface area contributed by atoms with E-state index in [-0.39, 0.29) is 10.6 Å². The van der Waals surface area contributed by atoms with E-state index in [2.05, 4.69) is 9.89 Å². The zero-order valence-corrected chi connectivity index (χ0v) is 20.9. The molecule has 0 saturated carbocycles. The lowest BCUT2D eigenvalue weighted by Gasteiger charge is -2.32. The SMILES string of the molecule is CN(C)c1ccc([N+](=O)[O-])cc1C=Nc1ccc(N2CCCCC2)c(S(=O)(=O)N2CCOCC2)c1. The molecule has 0 bridgehead atoms. The topological polar surface area (TPSA) is 109 Å². The summed E-state index contributed by atoms with van der Waals surface area (Å²) >= 11 is 0. The molecule has 10 nitrogen and oxygen atoms in total. The normalized spacial score (nSPS) is 17.6. The first-order valence-electron chi connectivity index (χ1n) is 11.7. The van der Waals surface area contributed by atoms with Crippen LogP contribution in [-0.4, -0.2) is 77.3 Å². The Kier molecular flexibility index (Phi) is 7.68. The van der Waals surface area contributed by atoms with Crippen LogP contribution in [0.15, 0.2) is 46.3 Å². The Morgan fingerprint density at radius 3 is 2.40 bits per heavy atom. The van der Waals surface area contributed by atoms with Gasteiger partial charge in [-0.2, -0.15) is 4.31 Å². The van der Waals surface area contributed by atoms with Gasteiger partial charge in [-0.3, -0.25) is 15.1 Å². The van der Waals surface area contributed by atoms with Crippen molar-refractivity contribution < 1.29 is 18.1 Å². The van der Waals surface area contributed by atoms with Gasteiger partial charge in [-0.15, -0.1) is 0 Å². The monoisotopic (exact) mass is 501 g/mol. The zero-order chi connectivity index (χ0) is 25.0. The minimum Gasteiger partial charge on any atom is -0.379 e. The van der Waals surface area contributed by atoms with Gasteiger partial charge in [0.15, 0.2) is 0 Å². The first kappa shape index (κ1) is 25.1. The summed E-state index contributed by atoms with van der Waals surface area (Å²) in [7, 11) is -0.0545. The number of piperidine rings is 1. The van der Waals surface area contributed by atoms with Crippen molar-refractivity contribution in [3.63, 3.8) is 0 Å². The summed E-state index contributed by atoms with van der Waals surface area (Å²) in [4.78, 5) is 19.6. The molecule has 11 heteroatoms. The fraction of sp³-hybridized carbons (Fsp3) is 0.458. The van der Waals surface area contributed by atoms with Gasteiger partial charge in [-0.1, -0.05) is 0 Å². The summed E-state index contributed by atoms with van der Waals surface area (Å²) in [6.07, 6.45) is 4.74. The van der Waals surface area contributed by atoms with Gasteiger partial charge < -0.3 is 14.5 Å². The summed E-state index contributed by atoms with van der Waals surface area (Å²) in [5.41, 5.74) is 2.47. The summed E-state index contributed by atoms with van der Waals surface area (Å²) in [5.74, 6) is 0. The van der Waals surface area contributed by atoms with Crippen LogP contribution in [0.4, 0.5) is 22.7 Å². The van der Waals surface area contributed by atoms with Crippen molar-refractivity contribution in [1.82, 2.24) is 4.31 Å². The standard InChI is InChI=1S/C24H31N5O5S/c1-26(2)22-9-7-21(29(30)31)16-19(22)18-25-20-6-8-23(27-10-4-3-5-11-27)24(17-20)35(32,33)28-12-14-34-15-13-28/h6-9,16-18H,3-5,10-15H2,1-2H3. The van der Waals surface area contributed by atoms with E-state index in [1.54, 1.807) is 24.4 Å². The molecule has 2 aliphatic heterocycles. The Morgan fingerprint density at radius 2 is 1.74 bits per heavy atom. The Morgan fingerprint density at radius 1 is 1.03 bits per heavy atom. The fourth-order valence-corrected chi connectivity index (χ4v) is 6.06. The summed E-state index contributed by atoms with van der Waals surface area (Å²) in [6, 6.07) is 9.82. The largest absolute Gasteiger partial charge is 0.379 e. The Bertz CT molecular complexity index is 1200. The van der Waals surface area contributed by atoms with Crippen molar-refractivity contribution in [3.05, 3.63) is 52.1 Å². The highest BCUT2D eigenvalue weighted by molar-refractivity contribution is 7.89. The maximum Gasteiger partial charge on any atom is 0.270 e. The predicted octanol–water partition coefficient (Wildman–Crippen LogP) is 3.42. The molecule has 0 amide bonds. The quantitative estimate of drug-likeness (QED) is 0.325. The number of anilines is 2. The molecular formula is C24H31N5O5S. The van der Waals surface area contributed by atoms with E-state index in [9.17, 15) is 18.5 Å². The number of morpholine rings is 1. The molecule has 2 aromatic carbocycles. The van der Waals surface area contributed by atoms with Crippen LogP contribution < -0.4 is 9.80 Å². The Balaban J connectivity index is 1.74. The van der Waals surface area contributed by atoms with Crippen LogP contribution in [0.1, 0.15) is 24.8 Å². The van der Waals surface area contributed by atoms with E-state index in [4.69, 9.17) is 4.74 Å². The zero-order valence-electron chi connectivity index (χ0n) is 20.1. The number of benzene rings is 2. The van der Waals surface area contributed by atoms with Gasteiger partial charge in [0.1, 0.15) is 4.90 Å². The van der Waals surface area contributed by atoms with Crippen LogP contribution in [0.5, 0.6) is 0 Å². The number of aliphatic imine (C=N–C) groups is 1. The van der Waals surface area contributed by atoms with Crippen molar-refractivity contribution in [2.45, 2.75) is 24.2 Å². The number of hydrogen-bond donors (Lipinski definition) is 0. The van der Waals surface area contributed by atoms with Gasteiger partial charge in [-0.05, 0) is 43.5 Å². The third-order valence-electron chi connectivity index (χ3n) is 6.28. The molecule has 35 heavy (non-hydrogen) atoms. The predicted molar refractivity (Wildman–Crippen MR) is 137 cm³/mol. The molecule has 4 rings (SSSR count). The number of nitro benzene ring substituents is 1. The molecule has 0 aromatic heterocycles. The molecule has 0 unspecified atom stereocenters. The van der Waals surface area contributed by atoms with Gasteiger partial charge >= 0.3 is 0 Å². The number of nitro groups is 1. The first-order chi connectivity index (χ1) is 16.8. The molecule has 2 saturated heterocycles. The molecule has 188 valence electrons. The van der Waals surface area contributed by atoms with E-state index in [1.807, 2.05) is 25.1 Å². The van der Waals surface area contributed by atoms with E-state index in [0.717, 1.165) is 38.0 Å². The van der Waals surface area contributed by atoms with Crippen LogP contribution in [0, 0.1) is 10.1 Å². The second-order valence-electron chi connectivity index (χ2n) is 8.87. The maximum absolute atomic E-state index is 13.7. The number of ether oxygens (including phenoxy) is 1. The number of hydrogen-bond acceptors (Lipinski definition) is 8. The average Bonchev–Trinajstić information content (AvgIpc) is 2.88. The van der Waals surface area contributed by atoms with Crippen LogP contribution in [0.3, 0.4) is 0 Å². The van der Waals surface area contributed by atoms with E-state index in [0.29, 0.717) is 43.2 Å². The second kappa shape index (κ2) is 10.7. The highest BCUT2D eigenvalue weighted by Crippen LogP contribution is 2.34. The minimum absolute atomic E-state index is 0.0342. The lowest BCUT2D eigenvalue weighted by Crippen LogP contribution is -2.41. The number of rotatable bonds is 7. The van der Waals surface area contributed by atoms with E-state index >= 15 is 0 Å². The highest BCUT2D eigenvalue weighted by Gasteiger charge is 2.30. The van der Waals surface area contributed by atoms with E-state index in [1.165, 1.54) is 16.4 Å². The molecule has 0 N–H and O–H groups in total. The van der Waals surface area contributed by atoms with Crippen LogP contribution in [0.25, 0.3) is 0 Å². The molecule has 0 atom stereocenters. The van der Waals surface area contributed by atoms with E-state index < -0.39 is 14.9 Å². The van der Waals surface area contributed by atoms with Crippen LogP contribution in [0.2, 0.25) is 0 Å². The molecule has 2 aromatic rings. The van der Waals surface area contributed by atoms with Crippen molar-refractivity contribution >= 4 is 39.0 Å². The minimum atomic E-state index is -3.75. The van der Waals surface area contributed by atoms with Crippen molar-refractivity contribution in [3.8, 4) is 0 Å². The third kappa shape index (κ3) is 5.63. The lowest BCUT2D eigenvalue weighted by atomic mass is 10.1. The van der Waals surface area contributed by atoms with Gasteiger partial charge in [0, 0.05) is 69.9 Å². The number of sulfonamides is 1. The Labute approximate surface area is 206 Å². The smallest absolute Gasteiger partial charge is 0.270 e. The average molecular weight is 502 g/mol. The summed E-state index contributed by atoms with van der Waals surface area (Å²) in [5, 5.41) is 11.3. The van der Waals surface area contributed by atoms with Crippen LogP contribution >= 0.6 is 0 Å². The van der Waals surface area contributed by atoms with Gasteiger partial charge in [-0.25, -0.2) is 8.42 Å². The van der Waals surface area contributed by atoms with Crippen molar-refractivity contribution in [1.29, 1.82) is 0 Å². The second-order valence-corrected chi connectivity index (χ2v) is 10.8. The summed E-state index contributed by atoms with van der Waals surface area (Å²) < 4.78 is 34.1. The maximum atomic E-state index is 13.7. The number of non-ortho nitro benzene ring substituents is 1. The first-order valence-corrected chi connectivity index (χ1v) is 13.2. The highest BCUT2D eigenvalue weighted by atomic mass is 32.2. The summed E-state index contributed by atoms with van der Waals surface area (Å²) in [6.45, 7) is 3.00. The van der Waals surface area contributed by atoms with Gasteiger partial charge in [0.2, 0.25) is 10.0 Å². The molecule has 2 heterocycles. The number of nitrogens with zero attached hydrogens (tertiary/aromatic N) is 5. The molecule has 2 aliphatic rings. The molecule has 0 spiro atoms. The Hall–Kier alpha value is -3.02. The molecule has 0 aliphatic carbocycles. The van der Waals surface area contributed by atoms with Gasteiger partial charge in [0.25, 0.3) is 5.69 Å². The van der Waals surface area contributed by atoms with Crippen molar-refractivity contribution in [2.24, 2.45) is 4.99 Å². The van der Waals surface area contributed by atoms with Gasteiger partial charge in [0.05, 0.1) is 29.5 Å². The third-order valence-corrected chi connectivity index (χ3v) is 8.21. The van der Waals surface area contributed by atoms with Crippen molar-refractivity contribution in [2.75, 3.05) is 63.3 Å². The molecular weight excluding hydrogens is 470 g/mol. The fourth-order valence-electron chi connectivity index (χ4n) is 4.42. The van der Waals surface area contributed by atoms with Crippen LogP contribution in [-0.2, 0) is 14.8 Å². The molecule has 0 radical (unpaired) electrons. The lowest BCUT2D eigenvalue weighted by molar-refractivity contribution is -0.384. The molecule has 2 fully saturated rings.